The van der Waals surface area contributed by atoms with Crippen molar-refractivity contribution >= 4 is 34.7 Å². The zero-order valence-corrected chi connectivity index (χ0v) is 22.3. The summed E-state index contributed by atoms with van der Waals surface area (Å²) in [6.45, 7) is 8.39. The SMILES string of the molecule is CCOc1ccc(C2/C(=C(\O)c3cc(C)cc(Cl)c3OC)C(=O)C(=O)N2c2ccc(C(C)C)cc2)cc1. The van der Waals surface area contributed by atoms with Crippen molar-refractivity contribution in [3.63, 3.8) is 0 Å². The number of ketones is 1. The number of carbonyl (C=O) groups excluding carboxylic acids is 2. The summed E-state index contributed by atoms with van der Waals surface area (Å²) in [5.74, 6) is -0.662. The van der Waals surface area contributed by atoms with Gasteiger partial charge in [0.1, 0.15) is 17.3 Å². The number of halogens is 1. The van der Waals surface area contributed by atoms with Gasteiger partial charge in [-0.15, -0.1) is 0 Å². The Balaban J connectivity index is 1.95. The topological polar surface area (TPSA) is 76.1 Å². The van der Waals surface area contributed by atoms with Gasteiger partial charge in [-0.1, -0.05) is 49.7 Å². The maximum Gasteiger partial charge on any atom is 0.300 e. The van der Waals surface area contributed by atoms with Gasteiger partial charge in [-0.2, -0.15) is 0 Å². The van der Waals surface area contributed by atoms with Gasteiger partial charge in [0.05, 0.1) is 35.9 Å². The van der Waals surface area contributed by atoms with E-state index in [9.17, 15) is 14.7 Å². The fraction of sp³-hybridized carbons (Fsp3) is 0.267. The van der Waals surface area contributed by atoms with Crippen molar-refractivity contribution in [3.8, 4) is 11.5 Å². The summed E-state index contributed by atoms with van der Waals surface area (Å²) in [5.41, 5.74) is 3.28. The molecule has 1 aliphatic rings. The first-order chi connectivity index (χ1) is 17.7. The molecule has 1 amide bonds. The Labute approximate surface area is 222 Å². The van der Waals surface area contributed by atoms with Crippen molar-refractivity contribution in [1.29, 1.82) is 0 Å². The first-order valence-electron chi connectivity index (χ1n) is 12.2. The van der Waals surface area contributed by atoms with Crippen LogP contribution >= 0.6 is 11.6 Å². The van der Waals surface area contributed by atoms with Crippen LogP contribution in [0.4, 0.5) is 5.69 Å². The summed E-state index contributed by atoms with van der Waals surface area (Å²) >= 11 is 6.38. The van der Waals surface area contributed by atoms with Crippen LogP contribution in [0.2, 0.25) is 5.02 Å². The maximum atomic E-state index is 13.5. The number of Topliss-reactive ketones (excluding diaryl/α,β-unsaturated/α-hetero) is 1. The molecule has 0 bridgehead atoms. The molecule has 3 aromatic carbocycles. The number of amides is 1. The number of aryl methyl sites for hydroxylation is 1. The van der Waals surface area contributed by atoms with Crippen molar-refractivity contribution in [2.45, 2.75) is 39.7 Å². The molecular weight excluding hydrogens is 490 g/mol. The Morgan fingerprint density at radius 1 is 1.05 bits per heavy atom. The molecule has 0 aliphatic carbocycles. The summed E-state index contributed by atoms with van der Waals surface area (Å²) in [6, 6.07) is 17.2. The van der Waals surface area contributed by atoms with Gasteiger partial charge >= 0.3 is 0 Å². The molecule has 0 saturated carbocycles. The summed E-state index contributed by atoms with van der Waals surface area (Å²) in [4.78, 5) is 28.4. The lowest BCUT2D eigenvalue weighted by Crippen LogP contribution is -2.29. The lowest BCUT2D eigenvalue weighted by molar-refractivity contribution is -0.132. The molecule has 4 rings (SSSR count). The van der Waals surface area contributed by atoms with Crippen molar-refractivity contribution in [3.05, 3.63) is 93.5 Å². The highest BCUT2D eigenvalue weighted by atomic mass is 35.5. The van der Waals surface area contributed by atoms with Crippen molar-refractivity contribution < 1.29 is 24.2 Å². The molecule has 37 heavy (non-hydrogen) atoms. The molecule has 1 unspecified atom stereocenters. The molecule has 3 aromatic rings. The molecule has 0 aromatic heterocycles. The van der Waals surface area contributed by atoms with Gasteiger partial charge in [0, 0.05) is 5.69 Å². The summed E-state index contributed by atoms with van der Waals surface area (Å²) in [5, 5.41) is 11.8. The minimum absolute atomic E-state index is 0.0398. The van der Waals surface area contributed by atoms with E-state index in [0.29, 0.717) is 34.5 Å². The number of methoxy groups -OCH3 is 1. The second-order valence-electron chi connectivity index (χ2n) is 9.24. The highest BCUT2D eigenvalue weighted by molar-refractivity contribution is 6.51. The second kappa shape index (κ2) is 10.7. The molecular formula is C30H30ClNO5. The van der Waals surface area contributed by atoms with Gasteiger partial charge in [-0.05, 0) is 72.9 Å². The zero-order valence-electron chi connectivity index (χ0n) is 21.5. The lowest BCUT2D eigenvalue weighted by atomic mass is 9.94. The van der Waals surface area contributed by atoms with Gasteiger partial charge < -0.3 is 14.6 Å². The third-order valence-corrected chi connectivity index (χ3v) is 6.72. The fourth-order valence-corrected chi connectivity index (χ4v) is 4.96. The highest BCUT2D eigenvalue weighted by Gasteiger charge is 2.47. The number of nitrogens with zero attached hydrogens (tertiary/aromatic N) is 1. The van der Waals surface area contributed by atoms with Gasteiger partial charge in [0.25, 0.3) is 11.7 Å². The van der Waals surface area contributed by atoms with E-state index in [2.05, 4.69) is 13.8 Å². The van der Waals surface area contributed by atoms with Gasteiger partial charge in [0.15, 0.2) is 0 Å². The number of ether oxygens (including phenoxy) is 2. The largest absolute Gasteiger partial charge is 0.507 e. The predicted molar refractivity (Wildman–Crippen MR) is 146 cm³/mol. The van der Waals surface area contributed by atoms with Crippen molar-refractivity contribution in [1.82, 2.24) is 0 Å². The van der Waals surface area contributed by atoms with E-state index in [1.165, 1.54) is 12.0 Å². The predicted octanol–water partition coefficient (Wildman–Crippen LogP) is 6.81. The highest BCUT2D eigenvalue weighted by Crippen LogP contribution is 2.45. The van der Waals surface area contributed by atoms with E-state index < -0.39 is 17.7 Å². The second-order valence-corrected chi connectivity index (χ2v) is 9.65. The Morgan fingerprint density at radius 2 is 1.70 bits per heavy atom. The van der Waals surface area contributed by atoms with Crippen molar-refractivity contribution in [2.24, 2.45) is 0 Å². The number of carbonyl (C=O) groups is 2. The lowest BCUT2D eigenvalue weighted by Gasteiger charge is -2.26. The third kappa shape index (κ3) is 4.94. The molecule has 6 nitrogen and oxygen atoms in total. The van der Waals surface area contributed by atoms with Crippen LogP contribution in [0.5, 0.6) is 11.5 Å². The van der Waals surface area contributed by atoms with Crippen LogP contribution in [0.3, 0.4) is 0 Å². The van der Waals surface area contributed by atoms with Gasteiger partial charge in [-0.3, -0.25) is 14.5 Å². The number of aliphatic hydroxyl groups excluding tert-OH is 1. The maximum absolute atomic E-state index is 13.5. The first-order valence-corrected chi connectivity index (χ1v) is 12.5. The van der Waals surface area contributed by atoms with E-state index in [1.807, 2.05) is 38.1 Å². The first kappa shape index (κ1) is 26.3. The quantitative estimate of drug-likeness (QED) is 0.211. The molecule has 1 fully saturated rings. The zero-order chi connectivity index (χ0) is 26.9. The third-order valence-electron chi connectivity index (χ3n) is 6.44. The molecule has 1 atom stereocenters. The van der Waals surface area contributed by atoms with Crippen LogP contribution in [0.1, 0.15) is 55.0 Å². The van der Waals surface area contributed by atoms with E-state index in [-0.39, 0.29) is 22.6 Å². The van der Waals surface area contributed by atoms with Crippen LogP contribution in [0.25, 0.3) is 5.76 Å². The van der Waals surface area contributed by atoms with Crippen LogP contribution in [0.15, 0.2) is 66.2 Å². The number of aliphatic hydroxyl groups is 1. The summed E-state index contributed by atoms with van der Waals surface area (Å²) in [7, 11) is 1.44. The fourth-order valence-electron chi connectivity index (χ4n) is 4.60. The molecule has 0 spiro atoms. The normalized spacial score (nSPS) is 16.9. The number of rotatable bonds is 7. The standard InChI is InChI=1S/C30H30ClNO5/c1-6-37-22-13-9-20(10-14-22)26-25(27(33)23-15-18(4)16-24(31)29(23)36-5)28(34)30(35)32(26)21-11-7-19(8-12-21)17(2)3/h7-17,26,33H,6H2,1-5H3/b27-25+. The van der Waals surface area contributed by atoms with E-state index in [4.69, 9.17) is 21.1 Å². The number of benzene rings is 3. The van der Waals surface area contributed by atoms with E-state index in [1.54, 1.807) is 36.4 Å². The van der Waals surface area contributed by atoms with E-state index >= 15 is 0 Å². The minimum atomic E-state index is -0.871. The summed E-state index contributed by atoms with van der Waals surface area (Å²) < 4.78 is 11.0. The molecule has 0 radical (unpaired) electrons. The average Bonchev–Trinajstić information content (AvgIpc) is 3.14. The summed E-state index contributed by atoms with van der Waals surface area (Å²) in [6.07, 6.45) is 0. The number of anilines is 1. The van der Waals surface area contributed by atoms with Crippen LogP contribution in [-0.2, 0) is 9.59 Å². The average molecular weight is 520 g/mol. The number of hydrogen-bond acceptors (Lipinski definition) is 5. The molecule has 192 valence electrons. The van der Waals surface area contributed by atoms with E-state index in [0.717, 1.165) is 11.1 Å². The van der Waals surface area contributed by atoms with Crippen LogP contribution in [0, 0.1) is 6.92 Å². The smallest absolute Gasteiger partial charge is 0.300 e. The molecule has 1 saturated heterocycles. The molecule has 1 N–H and O–H groups in total. The molecule has 1 heterocycles. The molecule has 1 aliphatic heterocycles. The minimum Gasteiger partial charge on any atom is -0.507 e. The Hall–Kier alpha value is -3.77. The van der Waals surface area contributed by atoms with Crippen molar-refractivity contribution in [2.75, 3.05) is 18.6 Å². The molecule has 7 heteroatoms. The van der Waals surface area contributed by atoms with Gasteiger partial charge in [-0.25, -0.2) is 0 Å². The number of hydrogen-bond donors (Lipinski definition) is 1. The Bertz CT molecular complexity index is 1360. The Morgan fingerprint density at radius 3 is 2.27 bits per heavy atom. The Kier molecular flexibility index (Phi) is 7.60. The van der Waals surface area contributed by atoms with Crippen LogP contribution < -0.4 is 14.4 Å². The van der Waals surface area contributed by atoms with Crippen LogP contribution in [-0.4, -0.2) is 30.5 Å². The van der Waals surface area contributed by atoms with Gasteiger partial charge in [0.2, 0.25) is 0 Å². The monoisotopic (exact) mass is 519 g/mol.